The van der Waals surface area contributed by atoms with Gasteiger partial charge in [0.25, 0.3) is 0 Å². The molecule has 1 unspecified atom stereocenters. The van der Waals surface area contributed by atoms with Crippen molar-refractivity contribution in [2.75, 3.05) is 7.11 Å². The van der Waals surface area contributed by atoms with Crippen LogP contribution in [0.4, 0.5) is 4.39 Å². The van der Waals surface area contributed by atoms with Gasteiger partial charge in [-0.1, -0.05) is 6.07 Å². The van der Waals surface area contributed by atoms with E-state index in [0.29, 0.717) is 0 Å². The molecule has 0 aliphatic carbocycles. The molecule has 0 spiro atoms. The van der Waals surface area contributed by atoms with Crippen molar-refractivity contribution in [1.82, 2.24) is 0 Å². The number of carbonyl (C=O) groups is 2. The lowest BCUT2D eigenvalue weighted by atomic mass is 10.0. The zero-order valence-corrected chi connectivity index (χ0v) is 9.14. The number of esters is 1. The molecular formula is C11H12FNO4. The molecule has 17 heavy (non-hydrogen) atoms. The van der Waals surface area contributed by atoms with Crippen molar-refractivity contribution in [1.29, 1.82) is 0 Å². The highest BCUT2D eigenvalue weighted by Crippen LogP contribution is 2.13. The number of aliphatic carboxylic acids is 1. The van der Waals surface area contributed by atoms with Crippen LogP contribution >= 0.6 is 0 Å². The fourth-order valence-corrected chi connectivity index (χ4v) is 1.28. The van der Waals surface area contributed by atoms with E-state index in [2.05, 4.69) is 4.74 Å². The normalized spacial score (nSPS) is 11.9. The Balaban J connectivity index is 2.90. The fourth-order valence-electron chi connectivity index (χ4n) is 1.28. The molecule has 0 saturated heterocycles. The van der Waals surface area contributed by atoms with E-state index in [-0.39, 0.29) is 17.5 Å². The van der Waals surface area contributed by atoms with Gasteiger partial charge < -0.3 is 15.6 Å². The minimum atomic E-state index is -1.21. The van der Waals surface area contributed by atoms with Gasteiger partial charge in [0.15, 0.2) is 0 Å². The molecular weight excluding hydrogens is 229 g/mol. The molecule has 0 aromatic heterocycles. The Hall–Kier alpha value is -1.95. The van der Waals surface area contributed by atoms with E-state index >= 15 is 0 Å². The Morgan fingerprint density at radius 2 is 2.18 bits per heavy atom. The van der Waals surface area contributed by atoms with E-state index in [1.165, 1.54) is 19.2 Å². The molecule has 92 valence electrons. The monoisotopic (exact) mass is 241 g/mol. The second-order valence-electron chi connectivity index (χ2n) is 3.45. The number of rotatable bonds is 4. The standard InChI is InChI=1S/C11H12FNO4/c1-17-11(16)7-3-2-6(8(12)4-7)5-9(13)10(14)15/h2-4,9H,5,13H2,1H3,(H,14,15). The lowest BCUT2D eigenvalue weighted by molar-refractivity contribution is -0.138. The van der Waals surface area contributed by atoms with Gasteiger partial charge >= 0.3 is 11.9 Å². The summed E-state index contributed by atoms with van der Waals surface area (Å²) in [6.07, 6.45) is -0.136. The summed E-state index contributed by atoms with van der Waals surface area (Å²) >= 11 is 0. The second-order valence-corrected chi connectivity index (χ2v) is 3.45. The smallest absolute Gasteiger partial charge is 0.337 e. The van der Waals surface area contributed by atoms with Gasteiger partial charge in [-0.2, -0.15) is 0 Å². The summed E-state index contributed by atoms with van der Waals surface area (Å²) in [6, 6.07) is 2.51. The average molecular weight is 241 g/mol. The van der Waals surface area contributed by atoms with Gasteiger partial charge in [-0.3, -0.25) is 4.79 Å². The van der Waals surface area contributed by atoms with E-state index in [4.69, 9.17) is 10.8 Å². The van der Waals surface area contributed by atoms with Gasteiger partial charge in [0.05, 0.1) is 12.7 Å². The van der Waals surface area contributed by atoms with Gasteiger partial charge in [0.1, 0.15) is 11.9 Å². The zero-order valence-electron chi connectivity index (χ0n) is 9.14. The third-order valence-corrected chi connectivity index (χ3v) is 2.23. The highest BCUT2D eigenvalue weighted by molar-refractivity contribution is 5.89. The van der Waals surface area contributed by atoms with Gasteiger partial charge in [-0.05, 0) is 17.7 Å². The van der Waals surface area contributed by atoms with E-state index in [1.54, 1.807) is 0 Å². The molecule has 1 atom stereocenters. The molecule has 0 fully saturated rings. The summed E-state index contributed by atoms with van der Waals surface area (Å²) in [5, 5.41) is 8.59. The van der Waals surface area contributed by atoms with Crippen molar-refractivity contribution in [3.05, 3.63) is 35.1 Å². The van der Waals surface area contributed by atoms with Gasteiger partial charge in [-0.15, -0.1) is 0 Å². The first-order valence-electron chi connectivity index (χ1n) is 4.81. The third-order valence-electron chi connectivity index (χ3n) is 2.23. The Labute approximate surface area is 97.0 Å². The molecule has 1 rings (SSSR count). The summed E-state index contributed by atoms with van der Waals surface area (Å²) in [7, 11) is 1.19. The van der Waals surface area contributed by atoms with E-state index in [0.717, 1.165) is 6.07 Å². The zero-order chi connectivity index (χ0) is 13.0. The van der Waals surface area contributed by atoms with Crippen LogP contribution in [-0.2, 0) is 16.0 Å². The minimum Gasteiger partial charge on any atom is -0.480 e. The van der Waals surface area contributed by atoms with Crippen LogP contribution in [-0.4, -0.2) is 30.2 Å². The molecule has 1 aromatic carbocycles. The number of hydrogen-bond acceptors (Lipinski definition) is 4. The van der Waals surface area contributed by atoms with Crippen LogP contribution in [0.25, 0.3) is 0 Å². The second kappa shape index (κ2) is 5.40. The Morgan fingerprint density at radius 3 is 2.65 bits per heavy atom. The van der Waals surface area contributed by atoms with E-state index in [9.17, 15) is 14.0 Å². The summed E-state index contributed by atoms with van der Waals surface area (Å²) in [5.41, 5.74) is 5.50. The Bertz CT molecular complexity index is 447. The maximum Gasteiger partial charge on any atom is 0.337 e. The number of carboxylic acid groups (broad SMARTS) is 1. The SMILES string of the molecule is COC(=O)c1ccc(CC(N)C(=O)O)c(F)c1. The maximum atomic E-state index is 13.5. The lowest BCUT2D eigenvalue weighted by Gasteiger charge is -2.08. The van der Waals surface area contributed by atoms with Crippen LogP contribution < -0.4 is 5.73 Å². The van der Waals surface area contributed by atoms with Crippen molar-refractivity contribution < 1.29 is 23.8 Å². The molecule has 0 radical (unpaired) electrons. The summed E-state index contributed by atoms with van der Waals surface area (Å²) in [4.78, 5) is 21.6. The first-order valence-corrected chi connectivity index (χ1v) is 4.81. The van der Waals surface area contributed by atoms with Crippen LogP contribution in [0.5, 0.6) is 0 Å². The molecule has 0 aliphatic rings. The lowest BCUT2D eigenvalue weighted by Crippen LogP contribution is -2.32. The molecule has 3 N–H and O–H groups in total. The fraction of sp³-hybridized carbons (Fsp3) is 0.273. The Morgan fingerprint density at radius 1 is 1.53 bits per heavy atom. The Kier molecular flexibility index (Phi) is 4.17. The highest BCUT2D eigenvalue weighted by Gasteiger charge is 2.16. The first kappa shape index (κ1) is 13.1. The number of hydrogen-bond donors (Lipinski definition) is 2. The topological polar surface area (TPSA) is 89.6 Å². The van der Waals surface area contributed by atoms with Crippen molar-refractivity contribution in [2.24, 2.45) is 5.73 Å². The number of carboxylic acids is 1. The van der Waals surface area contributed by atoms with Crippen LogP contribution in [0, 0.1) is 5.82 Å². The molecule has 0 heterocycles. The van der Waals surface area contributed by atoms with Crippen molar-refractivity contribution in [3.63, 3.8) is 0 Å². The van der Waals surface area contributed by atoms with E-state index < -0.39 is 23.8 Å². The number of benzene rings is 1. The van der Waals surface area contributed by atoms with E-state index in [1.807, 2.05) is 0 Å². The maximum absolute atomic E-state index is 13.5. The number of halogens is 1. The first-order chi connectivity index (χ1) is 7.95. The van der Waals surface area contributed by atoms with Gasteiger partial charge in [0.2, 0.25) is 0 Å². The van der Waals surface area contributed by atoms with Crippen LogP contribution in [0.1, 0.15) is 15.9 Å². The molecule has 5 nitrogen and oxygen atoms in total. The number of methoxy groups -OCH3 is 1. The highest BCUT2D eigenvalue weighted by atomic mass is 19.1. The number of carbonyl (C=O) groups excluding carboxylic acids is 1. The minimum absolute atomic E-state index is 0.0673. The third kappa shape index (κ3) is 3.25. The van der Waals surface area contributed by atoms with Crippen molar-refractivity contribution >= 4 is 11.9 Å². The predicted molar refractivity (Wildman–Crippen MR) is 57.1 cm³/mol. The predicted octanol–water partition coefficient (Wildman–Crippen LogP) is 0.567. The number of ether oxygens (including phenoxy) is 1. The molecule has 0 amide bonds. The average Bonchev–Trinajstić information content (AvgIpc) is 2.30. The summed E-state index contributed by atoms with van der Waals surface area (Å²) in [6.45, 7) is 0. The largest absolute Gasteiger partial charge is 0.480 e. The van der Waals surface area contributed by atoms with Crippen LogP contribution in [0.2, 0.25) is 0 Å². The van der Waals surface area contributed by atoms with Gasteiger partial charge in [0, 0.05) is 6.42 Å². The van der Waals surface area contributed by atoms with Crippen LogP contribution in [0.15, 0.2) is 18.2 Å². The molecule has 1 aromatic rings. The molecule has 0 aliphatic heterocycles. The van der Waals surface area contributed by atoms with Crippen molar-refractivity contribution in [2.45, 2.75) is 12.5 Å². The number of nitrogens with two attached hydrogens (primary N) is 1. The summed E-state index contributed by atoms with van der Waals surface area (Å²) in [5.74, 6) is -2.54. The quantitative estimate of drug-likeness (QED) is 0.752. The molecule has 0 saturated carbocycles. The van der Waals surface area contributed by atoms with Crippen molar-refractivity contribution in [3.8, 4) is 0 Å². The summed E-state index contributed by atoms with van der Waals surface area (Å²) < 4.78 is 17.9. The van der Waals surface area contributed by atoms with Gasteiger partial charge in [-0.25, -0.2) is 9.18 Å². The molecule has 6 heteroatoms. The molecule has 0 bridgehead atoms. The van der Waals surface area contributed by atoms with Crippen LogP contribution in [0.3, 0.4) is 0 Å².